The fourth-order valence-corrected chi connectivity index (χ4v) is 2.08. The van der Waals surface area contributed by atoms with E-state index in [1.807, 2.05) is 6.08 Å². The van der Waals surface area contributed by atoms with Crippen LogP contribution in [-0.2, 0) is 9.53 Å². The number of carboxylic acids is 1. The van der Waals surface area contributed by atoms with Crippen LogP contribution in [0.1, 0.15) is 27.2 Å². The van der Waals surface area contributed by atoms with E-state index in [0.717, 1.165) is 6.42 Å². The molecular formula is C14H24N2O4. The fourth-order valence-electron chi connectivity index (χ4n) is 2.08. The number of nitrogens with one attached hydrogen (secondary N) is 1. The number of urea groups is 1. The highest BCUT2D eigenvalue weighted by molar-refractivity contribution is 5.83. The molecule has 114 valence electrons. The first-order valence-corrected chi connectivity index (χ1v) is 6.70. The summed E-state index contributed by atoms with van der Waals surface area (Å²) in [5.41, 5.74) is 0.635. The molecule has 1 atom stereocenters. The lowest BCUT2D eigenvalue weighted by Crippen LogP contribution is -2.54. The van der Waals surface area contributed by atoms with E-state index in [4.69, 9.17) is 4.74 Å². The molecule has 0 aromatic carbocycles. The second-order valence-corrected chi connectivity index (χ2v) is 6.08. The molecule has 2 amide bonds. The molecule has 0 radical (unpaired) electrons. The molecule has 0 aliphatic carbocycles. The van der Waals surface area contributed by atoms with Crippen molar-refractivity contribution in [2.75, 3.05) is 26.8 Å². The van der Waals surface area contributed by atoms with Crippen molar-refractivity contribution in [2.45, 2.75) is 33.2 Å². The van der Waals surface area contributed by atoms with Crippen molar-refractivity contribution in [3.8, 4) is 0 Å². The number of rotatable bonds is 4. The van der Waals surface area contributed by atoms with Crippen LogP contribution in [-0.4, -0.2) is 54.9 Å². The van der Waals surface area contributed by atoms with Gasteiger partial charge in [-0.3, -0.25) is 0 Å². The molecule has 1 aliphatic heterocycles. The predicted octanol–water partition coefficient (Wildman–Crippen LogP) is 1.47. The number of aliphatic carboxylic acids is 1. The molecule has 0 aromatic heterocycles. The average Bonchev–Trinajstić information content (AvgIpc) is 2.35. The maximum atomic E-state index is 12.1. The standard InChI is InChI=1S/C14H24N2O4/c1-14(2,3)11(12(17)18)15-13(19)16-7-5-10(6-8-16)9-20-4/h5,11H,6-9H2,1-4H3,(H,15,19)(H,17,18)/t11-/m1/s1. The van der Waals surface area contributed by atoms with Crippen LogP contribution in [0.2, 0.25) is 0 Å². The Labute approximate surface area is 119 Å². The Balaban J connectivity index is 2.61. The number of nitrogens with zero attached hydrogens (tertiary/aromatic N) is 1. The summed E-state index contributed by atoms with van der Waals surface area (Å²) >= 11 is 0. The van der Waals surface area contributed by atoms with Gasteiger partial charge in [-0.05, 0) is 17.4 Å². The van der Waals surface area contributed by atoms with Crippen molar-refractivity contribution >= 4 is 12.0 Å². The zero-order chi connectivity index (χ0) is 15.3. The number of amides is 2. The zero-order valence-corrected chi connectivity index (χ0v) is 12.6. The van der Waals surface area contributed by atoms with Gasteiger partial charge < -0.3 is 20.1 Å². The monoisotopic (exact) mass is 284 g/mol. The molecule has 20 heavy (non-hydrogen) atoms. The lowest BCUT2D eigenvalue weighted by Gasteiger charge is -2.32. The van der Waals surface area contributed by atoms with Crippen LogP contribution < -0.4 is 5.32 Å². The number of carbonyl (C=O) groups is 2. The topological polar surface area (TPSA) is 78.9 Å². The Morgan fingerprint density at radius 1 is 1.50 bits per heavy atom. The van der Waals surface area contributed by atoms with Gasteiger partial charge >= 0.3 is 12.0 Å². The van der Waals surface area contributed by atoms with Gasteiger partial charge in [0.05, 0.1) is 6.61 Å². The smallest absolute Gasteiger partial charge is 0.326 e. The molecule has 0 aromatic rings. The van der Waals surface area contributed by atoms with Crippen molar-refractivity contribution in [1.82, 2.24) is 10.2 Å². The second kappa shape index (κ2) is 6.74. The van der Waals surface area contributed by atoms with Crippen LogP contribution in [0.4, 0.5) is 4.79 Å². The number of hydrogen-bond acceptors (Lipinski definition) is 3. The molecule has 0 saturated heterocycles. The maximum absolute atomic E-state index is 12.1. The van der Waals surface area contributed by atoms with Crippen molar-refractivity contribution in [1.29, 1.82) is 0 Å². The quantitative estimate of drug-likeness (QED) is 0.766. The van der Waals surface area contributed by atoms with Crippen LogP contribution in [0.3, 0.4) is 0 Å². The summed E-state index contributed by atoms with van der Waals surface area (Å²) in [6, 6.07) is -1.24. The van der Waals surface area contributed by atoms with Gasteiger partial charge in [0.1, 0.15) is 6.04 Å². The summed E-state index contributed by atoms with van der Waals surface area (Å²) in [5, 5.41) is 11.8. The average molecular weight is 284 g/mol. The van der Waals surface area contributed by atoms with Crippen molar-refractivity contribution < 1.29 is 19.4 Å². The van der Waals surface area contributed by atoms with Gasteiger partial charge in [-0.2, -0.15) is 0 Å². The van der Waals surface area contributed by atoms with E-state index < -0.39 is 17.4 Å². The van der Waals surface area contributed by atoms with Gasteiger partial charge in [0.15, 0.2) is 0 Å². The first-order valence-electron chi connectivity index (χ1n) is 6.70. The van der Waals surface area contributed by atoms with E-state index in [2.05, 4.69) is 5.32 Å². The van der Waals surface area contributed by atoms with Crippen LogP contribution in [0.15, 0.2) is 11.6 Å². The molecule has 6 nitrogen and oxygen atoms in total. The third-order valence-electron chi connectivity index (χ3n) is 3.30. The maximum Gasteiger partial charge on any atom is 0.326 e. The number of hydrogen-bond donors (Lipinski definition) is 2. The molecule has 1 aliphatic rings. The summed E-state index contributed by atoms with van der Waals surface area (Å²) in [6.07, 6.45) is 2.72. The Hall–Kier alpha value is -1.56. The molecule has 0 spiro atoms. The van der Waals surface area contributed by atoms with Gasteiger partial charge in [-0.15, -0.1) is 0 Å². The van der Waals surface area contributed by atoms with E-state index in [1.54, 1.807) is 32.8 Å². The largest absolute Gasteiger partial charge is 0.480 e. The van der Waals surface area contributed by atoms with E-state index in [-0.39, 0.29) is 6.03 Å². The number of methoxy groups -OCH3 is 1. The molecule has 0 fully saturated rings. The van der Waals surface area contributed by atoms with E-state index >= 15 is 0 Å². The van der Waals surface area contributed by atoms with Crippen LogP contribution >= 0.6 is 0 Å². The first-order chi connectivity index (χ1) is 9.25. The summed E-state index contributed by atoms with van der Waals surface area (Å²) in [7, 11) is 1.64. The molecule has 1 heterocycles. The Morgan fingerprint density at radius 2 is 2.15 bits per heavy atom. The normalized spacial score (nSPS) is 17.4. The first kappa shape index (κ1) is 16.5. The van der Waals surface area contributed by atoms with Gasteiger partial charge in [0.25, 0.3) is 0 Å². The Kier molecular flexibility index (Phi) is 5.56. The van der Waals surface area contributed by atoms with E-state index in [1.165, 1.54) is 5.57 Å². The molecule has 6 heteroatoms. The molecule has 0 unspecified atom stereocenters. The van der Waals surface area contributed by atoms with Crippen molar-refractivity contribution in [3.63, 3.8) is 0 Å². The second-order valence-electron chi connectivity index (χ2n) is 6.08. The summed E-state index contributed by atoms with van der Waals surface area (Å²) in [4.78, 5) is 25.0. The Morgan fingerprint density at radius 3 is 2.55 bits per heavy atom. The minimum Gasteiger partial charge on any atom is -0.480 e. The van der Waals surface area contributed by atoms with Crippen LogP contribution in [0.25, 0.3) is 0 Å². The minimum atomic E-state index is -1.02. The number of carboxylic acid groups (broad SMARTS) is 1. The van der Waals surface area contributed by atoms with E-state index in [0.29, 0.717) is 19.7 Å². The lowest BCUT2D eigenvalue weighted by atomic mass is 9.87. The van der Waals surface area contributed by atoms with Gasteiger partial charge in [-0.1, -0.05) is 26.8 Å². The summed E-state index contributed by atoms with van der Waals surface area (Å²) in [6.45, 7) is 7.02. The predicted molar refractivity (Wildman–Crippen MR) is 75.6 cm³/mol. The number of ether oxygens (including phenoxy) is 1. The summed E-state index contributed by atoms with van der Waals surface area (Å²) in [5.74, 6) is -1.02. The Bertz CT molecular complexity index is 398. The molecule has 0 bridgehead atoms. The van der Waals surface area contributed by atoms with Crippen molar-refractivity contribution in [2.24, 2.45) is 5.41 Å². The van der Waals surface area contributed by atoms with Crippen molar-refractivity contribution in [3.05, 3.63) is 11.6 Å². The lowest BCUT2D eigenvalue weighted by molar-refractivity contribution is -0.142. The highest BCUT2D eigenvalue weighted by Gasteiger charge is 2.33. The molecular weight excluding hydrogens is 260 g/mol. The molecule has 0 saturated carbocycles. The van der Waals surface area contributed by atoms with Gasteiger partial charge in [0, 0.05) is 20.2 Å². The fraction of sp³-hybridized carbons (Fsp3) is 0.714. The highest BCUT2D eigenvalue weighted by atomic mass is 16.5. The highest BCUT2D eigenvalue weighted by Crippen LogP contribution is 2.20. The third-order valence-corrected chi connectivity index (χ3v) is 3.30. The van der Waals surface area contributed by atoms with Crippen LogP contribution in [0, 0.1) is 5.41 Å². The van der Waals surface area contributed by atoms with E-state index in [9.17, 15) is 14.7 Å². The van der Waals surface area contributed by atoms with Gasteiger partial charge in [-0.25, -0.2) is 9.59 Å². The minimum absolute atomic E-state index is 0.333. The van der Waals surface area contributed by atoms with Crippen LogP contribution in [0.5, 0.6) is 0 Å². The SMILES string of the molecule is COCC1=CCN(C(=O)N[C@H](C(=O)O)C(C)(C)C)CC1. The number of carbonyl (C=O) groups excluding carboxylic acids is 1. The molecule has 2 N–H and O–H groups in total. The third kappa shape index (κ3) is 4.52. The van der Waals surface area contributed by atoms with Gasteiger partial charge in [0.2, 0.25) is 0 Å². The zero-order valence-electron chi connectivity index (χ0n) is 12.6. The summed E-state index contributed by atoms with van der Waals surface area (Å²) < 4.78 is 5.05. The molecule has 1 rings (SSSR count).